The topological polar surface area (TPSA) is 139 Å². The minimum Gasteiger partial charge on any atom is -0.444 e. The lowest BCUT2D eigenvalue weighted by molar-refractivity contribution is -0.134. The van der Waals surface area contributed by atoms with Crippen LogP contribution in [-0.4, -0.2) is 64.5 Å². The molecule has 1 aromatic rings. The van der Waals surface area contributed by atoms with Gasteiger partial charge in [0.1, 0.15) is 24.8 Å². The van der Waals surface area contributed by atoms with Gasteiger partial charge in [0.25, 0.3) is 0 Å². The first-order valence-corrected chi connectivity index (χ1v) is 11.1. The number of rotatable bonds is 12. The van der Waals surface area contributed by atoms with Gasteiger partial charge < -0.3 is 20.9 Å². The molecule has 0 aliphatic heterocycles. The van der Waals surface area contributed by atoms with Gasteiger partial charge in [-0.3, -0.25) is 19.3 Å². The Bertz CT molecular complexity index is 806. The Balaban J connectivity index is 3.16. The van der Waals surface area contributed by atoms with E-state index in [0.717, 1.165) is 10.5 Å². The molecule has 1 aromatic carbocycles. The van der Waals surface area contributed by atoms with Crippen LogP contribution in [-0.2, 0) is 25.5 Å². The highest BCUT2D eigenvalue weighted by atomic mass is 16.6. The molecule has 0 aliphatic rings. The molecule has 0 bridgehead atoms. The number of hydrogen-bond acceptors (Lipinski definition) is 6. The zero-order chi connectivity index (χ0) is 25.2. The molecule has 3 unspecified atom stereocenters. The second kappa shape index (κ2) is 12.9. The number of ether oxygens (including phenoxy) is 1. The molecule has 1 rings (SSSR count). The van der Waals surface area contributed by atoms with E-state index < -0.39 is 54.5 Å². The van der Waals surface area contributed by atoms with Crippen LogP contribution in [0.15, 0.2) is 30.3 Å². The van der Waals surface area contributed by atoms with Crippen molar-refractivity contribution < 1.29 is 29.0 Å². The van der Waals surface area contributed by atoms with Crippen molar-refractivity contribution in [1.82, 2.24) is 10.2 Å². The fourth-order valence-corrected chi connectivity index (χ4v) is 3.33. The third-order valence-electron chi connectivity index (χ3n) is 5.17. The van der Waals surface area contributed by atoms with E-state index in [2.05, 4.69) is 5.32 Å². The maximum absolute atomic E-state index is 13.3. The van der Waals surface area contributed by atoms with E-state index in [9.17, 15) is 24.3 Å². The SMILES string of the molecule is CCC(C)C(C(=O)NC(CCc1ccccc1)C(=O)CO)N(CC(N)=O)C(=O)OC(C)(C)C. The number of aliphatic hydroxyl groups excluding tert-OH is 1. The number of nitrogens with two attached hydrogens (primary N) is 1. The molecule has 4 N–H and O–H groups in total. The summed E-state index contributed by atoms with van der Waals surface area (Å²) in [4.78, 5) is 51.3. The van der Waals surface area contributed by atoms with Crippen molar-refractivity contribution in [2.45, 2.75) is 71.6 Å². The molecule has 0 aromatic heterocycles. The minimum absolute atomic E-state index is 0.268. The largest absolute Gasteiger partial charge is 0.444 e. The van der Waals surface area contributed by atoms with Gasteiger partial charge >= 0.3 is 6.09 Å². The quantitative estimate of drug-likeness (QED) is 0.432. The van der Waals surface area contributed by atoms with Gasteiger partial charge in [0.15, 0.2) is 5.78 Å². The monoisotopic (exact) mass is 463 g/mol. The third kappa shape index (κ3) is 9.61. The molecule has 9 nitrogen and oxygen atoms in total. The van der Waals surface area contributed by atoms with Gasteiger partial charge in [0.05, 0.1) is 6.04 Å². The van der Waals surface area contributed by atoms with Crippen molar-refractivity contribution in [2.24, 2.45) is 11.7 Å². The summed E-state index contributed by atoms with van der Waals surface area (Å²) in [6.45, 7) is 7.37. The smallest absolute Gasteiger partial charge is 0.411 e. The average Bonchev–Trinajstić information content (AvgIpc) is 2.74. The fraction of sp³-hybridized carbons (Fsp3) is 0.583. The van der Waals surface area contributed by atoms with Crippen LogP contribution in [0.2, 0.25) is 0 Å². The van der Waals surface area contributed by atoms with E-state index in [0.29, 0.717) is 12.8 Å². The number of carbonyl (C=O) groups excluding carboxylic acids is 4. The Labute approximate surface area is 195 Å². The number of Topliss-reactive ketones (excluding diaryl/α,β-unsaturated/α-hetero) is 1. The Kier molecular flexibility index (Phi) is 11.0. The first kappa shape index (κ1) is 28.1. The van der Waals surface area contributed by atoms with Crippen LogP contribution >= 0.6 is 0 Å². The molecule has 184 valence electrons. The van der Waals surface area contributed by atoms with Gasteiger partial charge in [-0.25, -0.2) is 4.79 Å². The highest BCUT2D eigenvalue weighted by molar-refractivity contribution is 5.93. The van der Waals surface area contributed by atoms with Gasteiger partial charge in [-0.15, -0.1) is 0 Å². The lowest BCUT2D eigenvalue weighted by Crippen LogP contribution is -2.58. The number of nitrogens with zero attached hydrogens (tertiary/aromatic N) is 1. The number of ketones is 1. The molecule has 0 heterocycles. The highest BCUT2D eigenvalue weighted by Crippen LogP contribution is 2.20. The van der Waals surface area contributed by atoms with Gasteiger partial charge in [0, 0.05) is 0 Å². The second-order valence-electron chi connectivity index (χ2n) is 9.11. The van der Waals surface area contributed by atoms with Crippen LogP contribution in [0.3, 0.4) is 0 Å². The number of hydrogen-bond donors (Lipinski definition) is 3. The maximum atomic E-state index is 13.3. The summed E-state index contributed by atoms with van der Waals surface area (Å²) in [6, 6.07) is 7.38. The first-order valence-electron chi connectivity index (χ1n) is 11.1. The molecule has 3 amide bonds. The van der Waals surface area contributed by atoms with Gasteiger partial charge in [-0.1, -0.05) is 50.6 Å². The second-order valence-corrected chi connectivity index (χ2v) is 9.11. The van der Waals surface area contributed by atoms with Crippen LogP contribution in [0.5, 0.6) is 0 Å². The lowest BCUT2D eigenvalue weighted by Gasteiger charge is -2.35. The van der Waals surface area contributed by atoms with Gasteiger partial charge in [-0.2, -0.15) is 0 Å². The van der Waals surface area contributed by atoms with E-state index in [-0.39, 0.29) is 12.3 Å². The number of carbonyl (C=O) groups is 4. The van der Waals surface area contributed by atoms with E-state index in [4.69, 9.17) is 10.5 Å². The van der Waals surface area contributed by atoms with Crippen molar-refractivity contribution in [2.75, 3.05) is 13.2 Å². The fourth-order valence-electron chi connectivity index (χ4n) is 3.33. The number of aliphatic hydroxyl groups is 1. The van der Waals surface area contributed by atoms with Crippen LogP contribution < -0.4 is 11.1 Å². The highest BCUT2D eigenvalue weighted by Gasteiger charge is 2.38. The summed E-state index contributed by atoms with van der Waals surface area (Å²) in [7, 11) is 0. The summed E-state index contributed by atoms with van der Waals surface area (Å²) < 4.78 is 5.40. The molecular formula is C24H37N3O6. The van der Waals surface area contributed by atoms with E-state index in [1.807, 2.05) is 37.3 Å². The van der Waals surface area contributed by atoms with Crippen molar-refractivity contribution in [3.63, 3.8) is 0 Å². The Hall–Kier alpha value is -2.94. The van der Waals surface area contributed by atoms with Crippen LogP contribution in [0, 0.1) is 5.92 Å². The molecule has 0 fully saturated rings. The van der Waals surface area contributed by atoms with Crippen molar-refractivity contribution >= 4 is 23.7 Å². The van der Waals surface area contributed by atoms with Crippen molar-refractivity contribution in [3.05, 3.63) is 35.9 Å². The number of primary amides is 1. The summed E-state index contributed by atoms with van der Waals surface area (Å²) in [5.74, 6) is -2.32. The molecule has 33 heavy (non-hydrogen) atoms. The zero-order valence-corrected chi connectivity index (χ0v) is 20.2. The van der Waals surface area contributed by atoms with E-state index in [1.54, 1.807) is 27.7 Å². The Morgan fingerprint density at radius 3 is 2.24 bits per heavy atom. The summed E-state index contributed by atoms with van der Waals surface area (Å²) in [6.07, 6.45) is 0.433. The van der Waals surface area contributed by atoms with Crippen molar-refractivity contribution in [3.8, 4) is 0 Å². The predicted octanol–water partition coefficient (Wildman–Crippen LogP) is 1.80. The first-order chi connectivity index (χ1) is 15.4. The number of nitrogens with one attached hydrogen (secondary N) is 1. The summed E-state index contributed by atoms with van der Waals surface area (Å²) in [5.41, 5.74) is 5.47. The molecule has 0 radical (unpaired) electrons. The molecular weight excluding hydrogens is 426 g/mol. The Morgan fingerprint density at radius 2 is 1.76 bits per heavy atom. The van der Waals surface area contributed by atoms with E-state index in [1.165, 1.54) is 0 Å². The molecule has 0 spiro atoms. The minimum atomic E-state index is -1.09. The number of benzene rings is 1. The predicted molar refractivity (Wildman–Crippen MR) is 124 cm³/mol. The zero-order valence-electron chi connectivity index (χ0n) is 20.2. The molecule has 0 saturated heterocycles. The molecule has 0 saturated carbocycles. The standard InChI is InChI=1S/C24H37N3O6/c1-6-16(2)21(27(14-20(25)30)23(32)33-24(3,4)5)22(31)26-18(19(29)15-28)13-12-17-10-8-7-9-11-17/h7-11,16,18,21,28H,6,12-15H2,1-5H3,(H2,25,30)(H,26,31). The van der Waals surface area contributed by atoms with Crippen LogP contribution in [0.4, 0.5) is 4.79 Å². The summed E-state index contributed by atoms with van der Waals surface area (Å²) in [5, 5.41) is 12.1. The normalized spacial score (nSPS) is 14.0. The van der Waals surface area contributed by atoms with Gasteiger partial charge in [-0.05, 0) is 45.1 Å². The van der Waals surface area contributed by atoms with Crippen LogP contribution in [0.25, 0.3) is 0 Å². The lowest BCUT2D eigenvalue weighted by atomic mass is 9.95. The Morgan fingerprint density at radius 1 is 1.15 bits per heavy atom. The van der Waals surface area contributed by atoms with Crippen LogP contribution in [0.1, 0.15) is 53.0 Å². The maximum Gasteiger partial charge on any atom is 0.411 e. The summed E-state index contributed by atoms with van der Waals surface area (Å²) >= 11 is 0. The molecule has 0 aliphatic carbocycles. The third-order valence-corrected chi connectivity index (χ3v) is 5.17. The number of aryl methyl sites for hydroxylation is 1. The molecule has 9 heteroatoms. The average molecular weight is 464 g/mol. The number of amides is 3. The van der Waals surface area contributed by atoms with E-state index >= 15 is 0 Å². The van der Waals surface area contributed by atoms with Gasteiger partial charge in [0.2, 0.25) is 11.8 Å². The van der Waals surface area contributed by atoms with Crippen molar-refractivity contribution in [1.29, 1.82) is 0 Å². The molecule has 3 atom stereocenters.